The lowest BCUT2D eigenvalue weighted by atomic mass is 9.82. The Morgan fingerprint density at radius 1 is 1.28 bits per heavy atom. The number of hydrogen-bond donors (Lipinski definition) is 1. The average Bonchev–Trinajstić information content (AvgIpc) is 2.53. The first-order chi connectivity index (χ1) is 8.69. The largest absolute Gasteiger partial charge is 0.487 e. The van der Waals surface area contributed by atoms with Crippen molar-refractivity contribution in [3.63, 3.8) is 0 Å². The highest BCUT2D eigenvalue weighted by atomic mass is 16.5. The second-order valence-corrected chi connectivity index (χ2v) is 5.79. The second-order valence-electron chi connectivity index (χ2n) is 5.79. The number of nitrogens with two attached hydrogens (primary N) is 1. The van der Waals surface area contributed by atoms with E-state index in [2.05, 4.69) is 24.1 Å². The molecule has 2 heterocycles. The highest BCUT2D eigenvalue weighted by Gasteiger charge is 2.40. The van der Waals surface area contributed by atoms with Crippen LogP contribution in [-0.2, 0) is 0 Å². The number of hydrogen-bond acceptors (Lipinski definition) is 3. The Hall–Kier alpha value is -1.06. The molecule has 98 valence electrons. The minimum Gasteiger partial charge on any atom is -0.487 e. The van der Waals surface area contributed by atoms with E-state index in [0.29, 0.717) is 0 Å². The van der Waals surface area contributed by atoms with Crippen LogP contribution in [0.4, 0.5) is 0 Å². The zero-order chi connectivity index (χ0) is 12.6. The lowest BCUT2D eigenvalue weighted by molar-refractivity contribution is 0.0223. The summed E-state index contributed by atoms with van der Waals surface area (Å²) in [5.41, 5.74) is 7.48. The zero-order valence-electron chi connectivity index (χ0n) is 11.1. The Morgan fingerprint density at radius 2 is 2.11 bits per heavy atom. The third-order valence-corrected chi connectivity index (χ3v) is 4.36. The molecule has 2 N–H and O–H groups in total. The molecule has 1 spiro atoms. The Bertz CT molecular complexity index is 434. The van der Waals surface area contributed by atoms with Crippen LogP contribution < -0.4 is 10.5 Å². The van der Waals surface area contributed by atoms with Crippen LogP contribution in [0.25, 0.3) is 0 Å². The normalized spacial score (nSPS) is 32.7. The number of para-hydroxylation sites is 1. The van der Waals surface area contributed by atoms with E-state index >= 15 is 0 Å². The van der Waals surface area contributed by atoms with Crippen molar-refractivity contribution in [1.29, 1.82) is 0 Å². The smallest absolute Gasteiger partial charge is 0.124 e. The molecule has 1 aromatic rings. The van der Waals surface area contributed by atoms with Crippen LogP contribution in [-0.4, -0.2) is 30.6 Å². The molecule has 2 atom stereocenters. The summed E-state index contributed by atoms with van der Waals surface area (Å²) in [5, 5.41) is 0. The lowest BCUT2D eigenvalue weighted by Gasteiger charge is -2.41. The molecule has 3 rings (SSSR count). The van der Waals surface area contributed by atoms with Gasteiger partial charge < -0.3 is 15.4 Å². The van der Waals surface area contributed by atoms with Crippen LogP contribution in [0, 0.1) is 0 Å². The molecule has 3 nitrogen and oxygen atoms in total. The van der Waals surface area contributed by atoms with Crippen LogP contribution in [0.5, 0.6) is 5.75 Å². The first-order valence-electron chi connectivity index (χ1n) is 6.91. The van der Waals surface area contributed by atoms with E-state index in [9.17, 15) is 0 Å². The van der Waals surface area contributed by atoms with Crippen LogP contribution >= 0.6 is 0 Å². The zero-order valence-corrected chi connectivity index (χ0v) is 11.1. The summed E-state index contributed by atoms with van der Waals surface area (Å²) >= 11 is 0. The summed E-state index contributed by atoms with van der Waals surface area (Å²) in [6.45, 7) is 2.27. The monoisotopic (exact) mass is 246 g/mol. The van der Waals surface area contributed by atoms with Crippen molar-refractivity contribution >= 4 is 0 Å². The predicted octanol–water partition coefficient (Wildman–Crippen LogP) is 2.32. The Kier molecular flexibility index (Phi) is 3.04. The third kappa shape index (κ3) is 2.13. The fourth-order valence-electron chi connectivity index (χ4n) is 3.27. The van der Waals surface area contributed by atoms with Crippen molar-refractivity contribution in [2.45, 2.75) is 37.3 Å². The molecule has 2 aliphatic heterocycles. The van der Waals surface area contributed by atoms with E-state index < -0.39 is 0 Å². The van der Waals surface area contributed by atoms with Gasteiger partial charge in [-0.1, -0.05) is 18.2 Å². The third-order valence-electron chi connectivity index (χ3n) is 4.36. The fourth-order valence-corrected chi connectivity index (χ4v) is 3.27. The minimum atomic E-state index is -0.0292. The summed E-state index contributed by atoms with van der Waals surface area (Å²) in [6, 6.07) is 8.35. The maximum absolute atomic E-state index is 6.35. The summed E-state index contributed by atoms with van der Waals surface area (Å²) in [7, 11) is 2.19. The molecule has 1 saturated heterocycles. The van der Waals surface area contributed by atoms with Gasteiger partial charge in [-0.3, -0.25) is 0 Å². The van der Waals surface area contributed by atoms with Crippen molar-refractivity contribution in [3.05, 3.63) is 29.8 Å². The highest BCUT2D eigenvalue weighted by molar-refractivity contribution is 5.38. The molecule has 2 aliphatic rings. The van der Waals surface area contributed by atoms with E-state index in [1.54, 1.807) is 0 Å². The van der Waals surface area contributed by atoms with Crippen molar-refractivity contribution in [2.75, 3.05) is 20.1 Å². The van der Waals surface area contributed by atoms with Gasteiger partial charge in [0, 0.05) is 24.6 Å². The molecular formula is C15H22N2O. The minimum absolute atomic E-state index is 0.0292. The van der Waals surface area contributed by atoms with E-state index in [4.69, 9.17) is 10.5 Å². The molecule has 3 heteroatoms. The van der Waals surface area contributed by atoms with Crippen LogP contribution in [0.15, 0.2) is 24.3 Å². The van der Waals surface area contributed by atoms with Gasteiger partial charge in [0.1, 0.15) is 11.4 Å². The quantitative estimate of drug-likeness (QED) is 0.763. The summed E-state index contributed by atoms with van der Waals surface area (Å²) in [5.74, 6) is 1.00. The van der Waals surface area contributed by atoms with E-state index in [-0.39, 0.29) is 11.6 Å². The van der Waals surface area contributed by atoms with Gasteiger partial charge >= 0.3 is 0 Å². The average molecular weight is 246 g/mol. The van der Waals surface area contributed by atoms with E-state index in [1.165, 1.54) is 18.5 Å². The molecule has 1 aromatic carbocycles. The number of nitrogens with zero attached hydrogens (tertiary/aromatic N) is 1. The Morgan fingerprint density at radius 3 is 3.00 bits per heavy atom. The Labute approximate surface area is 109 Å². The molecule has 18 heavy (non-hydrogen) atoms. The van der Waals surface area contributed by atoms with E-state index in [0.717, 1.165) is 31.6 Å². The van der Waals surface area contributed by atoms with Gasteiger partial charge in [-0.15, -0.1) is 0 Å². The SMILES string of the molecule is CN1CCCC2(CC1)CC(N)c1ccccc1O2. The summed E-state index contributed by atoms with van der Waals surface area (Å²) in [4.78, 5) is 2.39. The van der Waals surface area contributed by atoms with Gasteiger partial charge in [-0.25, -0.2) is 0 Å². The van der Waals surface area contributed by atoms with Gasteiger partial charge in [0.15, 0.2) is 0 Å². The van der Waals surface area contributed by atoms with Gasteiger partial charge in [0.2, 0.25) is 0 Å². The molecule has 0 bridgehead atoms. The molecule has 0 radical (unpaired) electrons. The van der Waals surface area contributed by atoms with Gasteiger partial charge in [-0.05, 0) is 38.9 Å². The molecule has 0 amide bonds. The van der Waals surface area contributed by atoms with Crippen LogP contribution in [0.1, 0.15) is 37.3 Å². The molecular weight excluding hydrogens is 224 g/mol. The number of rotatable bonds is 0. The maximum atomic E-state index is 6.35. The molecule has 0 aromatic heterocycles. The van der Waals surface area contributed by atoms with Gasteiger partial charge in [0.05, 0.1) is 0 Å². The van der Waals surface area contributed by atoms with Crippen molar-refractivity contribution in [3.8, 4) is 5.75 Å². The Balaban J connectivity index is 1.88. The van der Waals surface area contributed by atoms with Gasteiger partial charge in [0.25, 0.3) is 0 Å². The van der Waals surface area contributed by atoms with Crippen molar-refractivity contribution in [2.24, 2.45) is 5.73 Å². The van der Waals surface area contributed by atoms with Crippen molar-refractivity contribution < 1.29 is 4.74 Å². The number of fused-ring (bicyclic) bond motifs is 1. The van der Waals surface area contributed by atoms with Crippen molar-refractivity contribution in [1.82, 2.24) is 4.90 Å². The van der Waals surface area contributed by atoms with Gasteiger partial charge in [-0.2, -0.15) is 0 Å². The van der Waals surface area contributed by atoms with Crippen LogP contribution in [0.3, 0.4) is 0 Å². The summed E-state index contributed by atoms with van der Waals surface area (Å²) in [6.07, 6.45) is 4.37. The number of benzene rings is 1. The summed E-state index contributed by atoms with van der Waals surface area (Å²) < 4.78 is 6.35. The number of likely N-dealkylation sites (tertiary alicyclic amines) is 1. The number of ether oxygens (including phenoxy) is 1. The standard InChI is InChI=1S/C15H22N2O/c1-17-9-4-7-15(8-10-17)11-13(16)12-5-2-3-6-14(12)18-15/h2-3,5-6,13H,4,7-11,16H2,1H3. The predicted molar refractivity (Wildman–Crippen MR) is 72.7 cm³/mol. The first kappa shape index (κ1) is 12.0. The molecule has 0 saturated carbocycles. The topological polar surface area (TPSA) is 38.5 Å². The highest BCUT2D eigenvalue weighted by Crippen LogP contribution is 2.42. The molecule has 0 aliphatic carbocycles. The fraction of sp³-hybridized carbons (Fsp3) is 0.600. The molecule has 1 fully saturated rings. The maximum Gasteiger partial charge on any atom is 0.124 e. The molecule has 2 unspecified atom stereocenters. The lowest BCUT2D eigenvalue weighted by Crippen LogP contribution is -2.43. The van der Waals surface area contributed by atoms with E-state index in [1.807, 2.05) is 12.1 Å². The van der Waals surface area contributed by atoms with Crippen LogP contribution in [0.2, 0.25) is 0 Å². The first-order valence-corrected chi connectivity index (χ1v) is 6.91. The second kappa shape index (κ2) is 4.56.